The molecule has 2 rings (SSSR count). The molecule has 2 aliphatic rings. The van der Waals surface area contributed by atoms with Gasteiger partial charge in [0.05, 0.1) is 19.1 Å². The van der Waals surface area contributed by atoms with Crippen LogP contribution in [0.4, 0.5) is 0 Å². The Morgan fingerprint density at radius 3 is 2.59 bits per heavy atom. The van der Waals surface area contributed by atoms with Crippen LogP contribution in [0, 0.1) is 5.92 Å². The Bertz CT molecular complexity index is 250. The van der Waals surface area contributed by atoms with E-state index < -0.39 is 0 Å². The highest BCUT2D eigenvalue weighted by Crippen LogP contribution is 2.19. The lowest BCUT2D eigenvalue weighted by atomic mass is 10.0. The maximum atomic E-state index is 12.4. The molecule has 1 N–H and O–H groups in total. The Morgan fingerprint density at radius 2 is 1.94 bits per heavy atom. The van der Waals surface area contributed by atoms with Gasteiger partial charge in [-0.05, 0) is 19.4 Å². The number of likely N-dealkylation sites (tertiary alicyclic amines) is 1. The fourth-order valence-corrected chi connectivity index (χ4v) is 2.79. The summed E-state index contributed by atoms with van der Waals surface area (Å²) in [6.45, 7) is 6.12. The lowest BCUT2D eigenvalue weighted by molar-refractivity contribution is -0.135. The van der Waals surface area contributed by atoms with Gasteiger partial charge in [0.2, 0.25) is 5.91 Å². The Balaban J connectivity index is 1.92. The number of likely N-dealkylation sites (N-methyl/N-ethyl adjacent to an activating group) is 1. The third kappa shape index (κ3) is 3.19. The molecule has 0 aromatic rings. The van der Waals surface area contributed by atoms with Crippen molar-refractivity contribution in [2.24, 2.45) is 5.92 Å². The number of carbonyl (C=O) groups excluding carboxylic acids is 1. The summed E-state index contributed by atoms with van der Waals surface area (Å²) in [5, 5.41) is 3.36. The third-order valence-corrected chi connectivity index (χ3v) is 3.78. The molecule has 2 saturated heterocycles. The average Bonchev–Trinajstić information content (AvgIpc) is 2.63. The van der Waals surface area contributed by atoms with Crippen molar-refractivity contribution in [3.05, 3.63) is 0 Å². The first-order valence-corrected chi connectivity index (χ1v) is 6.93. The van der Waals surface area contributed by atoms with E-state index in [4.69, 9.17) is 4.74 Å². The van der Waals surface area contributed by atoms with Gasteiger partial charge in [0.15, 0.2) is 0 Å². The lowest BCUT2D eigenvalue weighted by Crippen LogP contribution is -2.46. The standard InChI is InChI=1S/C13H24N2O2/c1-2-14-12-10-17-9-11(12)13(16)15-7-5-3-4-6-8-15/h11-12,14H,2-10H2,1H3. The molecule has 0 aliphatic carbocycles. The maximum Gasteiger partial charge on any atom is 0.229 e. The Kier molecular flexibility index (Phi) is 4.80. The van der Waals surface area contributed by atoms with Gasteiger partial charge in [0.1, 0.15) is 0 Å². The van der Waals surface area contributed by atoms with Gasteiger partial charge in [-0.3, -0.25) is 4.79 Å². The van der Waals surface area contributed by atoms with E-state index in [1.54, 1.807) is 0 Å². The molecule has 17 heavy (non-hydrogen) atoms. The minimum absolute atomic E-state index is 0.0352. The van der Waals surface area contributed by atoms with E-state index in [1.165, 1.54) is 12.8 Å². The van der Waals surface area contributed by atoms with Gasteiger partial charge in [-0.2, -0.15) is 0 Å². The second-order valence-electron chi connectivity index (χ2n) is 5.05. The quantitative estimate of drug-likeness (QED) is 0.800. The predicted molar refractivity (Wildman–Crippen MR) is 66.8 cm³/mol. The fourth-order valence-electron chi connectivity index (χ4n) is 2.79. The van der Waals surface area contributed by atoms with Crippen molar-refractivity contribution in [1.82, 2.24) is 10.2 Å². The summed E-state index contributed by atoms with van der Waals surface area (Å²) in [7, 11) is 0. The van der Waals surface area contributed by atoms with Crippen LogP contribution >= 0.6 is 0 Å². The van der Waals surface area contributed by atoms with Crippen LogP contribution in [0.25, 0.3) is 0 Å². The fraction of sp³-hybridized carbons (Fsp3) is 0.923. The molecule has 2 aliphatic heterocycles. The molecule has 4 nitrogen and oxygen atoms in total. The van der Waals surface area contributed by atoms with Gasteiger partial charge in [-0.25, -0.2) is 0 Å². The van der Waals surface area contributed by atoms with Gasteiger partial charge < -0.3 is 15.0 Å². The van der Waals surface area contributed by atoms with E-state index in [0.717, 1.165) is 32.5 Å². The van der Waals surface area contributed by atoms with Gasteiger partial charge in [-0.15, -0.1) is 0 Å². The van der Waals surface area contributed by atoms with Crippen LogP contribution in [0.15, 0.2) is 0 Å². The van der Waals surface area contributed by atoms with Crippen molar-refractivity contribution < 1.29 is 9.53 Å². The highest BCUT2D eigenvalue weighted by molar-refractivity contribution is 5.80. The molecule has 4 heteroatoms. The van der Waals surface area contributed by atoms with E-state index in [-0.39, 0.29) is 12.0 Å². The molecule has 0 bridgehead atoms. The molecule has 2 unspecified atom stereocenters. The Labute approximate surface area is 104 Å². The van der Waals surface area contributed by atoms with Crippen LogP contribution in [0.2, 0.25) is 0 Å². The van der Waals surface area contributed by atoms with Crippen molar-refractivity contribution in [2.45, 2.75) is 38.6 Å². The predicted octanol–water partition coefficient (Wildman–Crippen LogP) is 1.01. The number of carbonyl (C=O) groups is 1. The molecule has 2 heterocycles. The zero-order chi connectivity index (χ0) is 12.1. The van der Waals surface area contributed by atoms with Gasteiger partial charge in [0.25, 0.3) is 0 Å². The highest BCUT2D eigenvalue weighted by atomic mass is 16.5. The molecule has 0 saturated carbocycles. The van der Waals surface area contributed by atoms with Crippen LogP contribution in [-0.4, -0.2) is 49.7 Å². The summed E-state index contributed by atoms with van der Waals surface area (Å²) in [4.78, 5) is 14.5. The number of hydrogen-bond acceptors (Lipinski definition) is 3. The molecule has 0 radical (unpaired) electrons. The van der Waals surface area contributed by atoms with Crippen LogP contribution < -0.4 is 5.32 Å². The first-order chi connectivity index (χ1) is 8.33. The largest absolute Gasteiger partial charge is 0.379 e. The van der Waals surface area contributed by atoms with Crippen molar-refractivity contribution >= 4 is 5.91 Å². The molecular formula is C13H24N2O2. The number of hydrogen-bond donors (Lipinski definition) is 1. The maximum absolute atomic E-state index is 12.4. The van der Waals surface area contributed by atoms with E-state index in [1.807, 2.05) is 0 Å². The monoisotopic (exact) mass is 240 g/mol. The third-order valence-electron chi connectivity index (χ3n) is 3.78. The summed E-state index contributed by atoms with van der Waals surface area (Å²) in [6.07, 6.45) is 4.85. The number of rotatable bonds is 3. The first-order valence-electron chi connectivity index (χ1n) is 6.93. The number of nitrogens with one attached hydrogen (secondary N) is 1. The second kappa shape index (κ2) is 6.36. The van der Waals surface area contributed by atoms with Crippen molar-refractivity contribution in [3.8, 4) is 0 Å². The molecule has 98 valence electrons. The molecule has 2 fully saturated rings. The number of ether oxygens (including phenoxy) is 1. The Morgan fingerprint density at radius 1 is 1.24 bits per heavy atom. The zero-order valence-electron chi connectivity index (χ0n) is 10.8. The topological polar surface area (TPSA) is 41.6 Å². The van der Waals surface area contributed by atoms with Crippen molar-refractivity contribution in [2.75, 3.05) is 32.8 Å². The molecular weight excluding hydrogens is 216 g/mol. The smallest absolute Gasteiger partial charge is 0.229 e. The van der Waals surface area contributed by atoms with E-state index in [2.05, 4.69) is 17.1 Å². The molecule has 0 aromatic carbocycles. The van der Waals surface area contributed by atoms with Gasteiger partial charge in [-0.1, -0.05) is 19.8 Å². The molecule has 2 atom stereocenters. The van der Waals surface area contributed by atoms with Crippen LogP contribution in [0.5, 0.6) is 0 Å². The van der Waals surface area contributed by atoms with Crippen LogP contribution in [-0.2, 0) is 9.53 Å². The van der Waals surface area contributed by atoms with Gasteiger partial charge in [0, 0.05) is 19.1 Å². The Hall–Kier alpha value is -0.610. The number of amides is 1. The van der Waals surface area contributed by atoms with Crippen LogP contribution in [0.1, 0.15) is 32.6 Å². The SMILES string of the molecule is CCNC1COCC1C(=O)N1CCCCCC1. The summed E-state index contributed by atoms with van der Waals surface area (Å²) < 4.78 is 5.46. The normalized spacial score (nSPS) is 30.3. The minimum Gasteiger partial charge on any atom is -0.379 e. The second-order valence-corrected chi connectivity index (χ2v) is 5.05. The summed E-state index contributed by atoms with van der Waals surface area (Å²) in [5.74, 6) is 0.336. The summed E-state index contributed by atoms with van der Waals surface area (Å²) >= 11 is 0. The van der Waals surface area contributed by atoms with Crippen LogP contribution in [0.3, 0.4) is 0 Å². The van der Waals surface area contributed by atoms with E-state index in [0.29, 0.717) is 19.1 Å². The van der Waals surface area contributed by atoms with Crippen molar-refractivity contribution in [3.63, 3.8) is 0 Å². The minimum atomic E-state index is 0.0352. The van der Waals surface area contributed by atoms with E-state index >= 15 is 0 Å². The summed E-state index contributed by atoms with van der Waals surface area (Å²) in [5.41, 5.74) is 0. The molecule has 0 spiro atoms. The van der Waals surface area contributed by atoms with Gasteiger partial charge >= 0.3 is 0 Å². The first kappa shape index (κ1) is 12.8. The number of nitrogens with zero attached hydrogens (tertiary/aromatic N) is 1. The lowest BCUT2D eigenvalue weighted by Gasteiger charge is -2.26. The highest BCUT2D eigenvalue weighted by Gasteiger charge is 2.35. The van der Waals surface area contributed by atoms with E-state index in [9.17, 15) is 4.79 Å². The zero-order valence-corrected chi connectivity index (χ0v) is 10.8. The van der Waals surface area contributed by atoms with Crippen molar-refractivity contribution in [1.29, 1.82) is 0 Å². The molecule has 0 aromatic heterocycles. The average molecular weight is 240 g/mol. The summed E-state index contributed by atoms with van der Waals surface area (Å²) in [6, 6.07) is 0.218. The molecule has 1 amide bonds.